The first kappa shape index (κ1) is 27.7. The fourth-order valence-electron chi connectivity index (χ4n) is 4.06. The molecule has 1 atom stereocenters. The number of anilines is 1. The summed E-state index contributed by atoms with van der Waals surface area (Å²) in [7, 11) is -2.44. The van der Waals surface area contributed by atoms with Gasteiger partial charge in [0, 0.05) is 18.7 Å². The second kappa shape index (κ2) is 10.6. The van der Waals surface area contributed by atoms with Crippen molar-refractivity contribution in [3.63, 3.8) is 0 Å². The summed E-state index contributed by atoms with van der Waals surface area (Å²) < 4.78 is 62.1. The highest BCUT2D eigenvalue weighted by Crippen LogP contribution is 2.40. The number of ether oxygens (including phenoxy) is 2. The molecule has 0 bridgehead atoms. The van der Waals surface area contributed by atoms with Crippen LogP contribution < -0.4 is 14.8 Å². The van der Waals surface area contributed by atoms with E-state index in [0.29, 0.717) is 10.6 Å². The van der Waals surface area contributed by atoms with Gasteiger partial charge in [0.25, 0.3) is 11.8 Å². The third kappa shape index (κ3) is 5.61. The van der Waals surface area contributed by atoms with Gasteiger partial charge in [-0.1, -0.05) is 6.07 Å². The molecular weight excluding hydrogens is 514 g/mol. The second-order valence-corrected chi connectivity index (χ2v) is 10.4. The van der Waals surface area contributed by atoms with Crippen LogP contribution in [-0.2, 0) is 14.6 Å². The van der Waals surface area contributed by atoms with Gasteiger partial charge in [-0.2, -0.15) is 0 Å². The van der Waals surface area contributed by atoms with E-state index in [0.717, 1.165) is 25.3 Å². The normalized spacial score (nSPS) is 14.0. The summed E-state index contributed by atoms with van der Waals surface area (Å²) in [4.78, 5) is 51.7. The van der Waals surface area contributed by atoms with Gasteiger partial charge in [-0.3, -0.25) is 24.1 Å². The number of alkyl halides is 2. The van der Waals surface area contributed by atoms with E-state index in [9.17, 15) is 36.4 Å². The van der Waals surface area contributed by atoms with Crippen molar-refractivity contribution in [1.82, 2.24) is 4.90 Å². The van der Waals surface area contributed by atoms with Crippen LogP contribution in [0.1, 0.15) is 56.5 Å². The molecule has 2 aromatic carbocycles. The van der Waals surface area contributed by atoms with Crippen molar-refractivity contribution >= 4 is 39.0 Å². The van der Waals surface area contributed by atoms with Crippen LogP contribution in [0.5, 0.6) is 11.5 Å². The number of amides is 3. The molecule has 0 saturated heterocycles. The Hall–Kier alpha value is -3.87. The number of halogens is 2. The molecule has 1 aliphatic heterocycles. The van der Waals surface area contributed by atoms with E-state index >= 15 is 0 Å². The Bertz CT molecular complexity index is 1390. The summed E-state index contributed by atoms with van der Waals surface area (Å²) in [5.74, 6) is -4.73. The number of rotatable bonds is 10. The zero-order chi connectivity index (χ0) is 27.7. The van der Waals surface area contributed by atoms with Crippen LogP contribution in [0.15, 0.2) is 30.3 Å². The van der Waals surface area contributed by atoms with Gasteiger partial charge in [0.2, 0.25) is 11.7 Å². The van der Waals surface area contributed by atoms with Crippen molar-refractivity contribution in [2.75, 3.05) is 31.0 Å². The smallest absolute Gasteiger partial charge is 0.300 e. The molecule has 0 fully saturated rings. The van der Waals surface area contributed by atoms with Gasteiger partial charge < -0.3 is 14.8 Å². The molecule has 1 heterocycles. The van der Waals surface area contributed by atoms with Crippen molar-refractivity contribution in [3.05, 3.63) is 52.6 Å². The first-order chi connectivity index (χ1) is 17.3. The van der Waals surface area contributed by atoms with Gasteiger partial charge in [-0.15, -0.1) is 0 Å². The monoisotopic (exact) mass is 538 g/mol. The van der Waals surface area contributed by atoms with Crippen LogP contribution in [-0.4, -0.2) is 69.0 Å². The van der Waals surface area contributed by atoms with E-state index in [2.05, 4.69) is 5.32 Å². The molecule has 0 aromatic heterocycles. The number of nitrogens with zero attached hydrogens (tertiary/aromatic N) is 1. The Labute approximate surface area is 211 Å². The SMILES string of the molecule is CCOc1cc([C@@H](CS(C)(=O)=O)N2C(=O)c3c(NC(C)=O)ccc(C(=O)C(F)F)c3C2=O)ccc1OC. The number of methoxy groups -OCH3 is 1. The Morgan fingerprint density at radius 1 is 1.05 bits per heavy atom. The maximum atomic E-state index is 13.6. The highest BCUT2D eigenvalue weighted by atomic mass is 32.2. The zero-order valence-corrected chi connectivity index (χ0v) is 21.1. The lowest BCUT2D eigenvalue weighted by Crippen LogP contribution is -2.38. The van der Waals surface area contributed by atoms with E-state index in [1.807, 2.05) is 0 Å². The third-order valence-corrected chi connectivity index (χ3v) is 6.41. The minimum Gasteiger partial charge on any atom is -0.493 e. The van der Waals surface area contributed by atoms with Crippen LogP contribution >= 0.6 is 0 Å². The first-order valence-corrected chi connectivity index (χ1v) is 13.0. The van der Waals surface area contributed by atoms with E-state index in [1.165, 1.54) is 25.3 Å². The molecule has 0 spiro atoms. The molecule has 0 saturated carbocycles. The number of fused-ring (bicyclic) bond motifs is 1. The summed E-state index contributed by atoms with van der Waals surface area (Å²) >= 11 is 0. The minimum absolute atomic E-state index is 0.173. The Morgan fingerprint density at radius 2 is 1.70 bits per heavy atom. The Morgan fingerprint density at radius 3 is 2.24 bits per heavy atom. The predicted octanol–water partition coefficient (Wildman–Crippen LogP) is 2.88. The van der Waals surface area contributed by atoms with Crippen LogP contribution in [0.25, 0.3) is 0 Å². The summed E-state index contributed by atoms with van der Waals surface area (Å²) in [5, 5.41) is 2.35. The number of sulfone groups is 1. The van der Waals surface area contributed by atoms with Crippen molar-refractivity contribution < 1.29 is 45.9 Å². The third-order valence-electron chi connectivity index (χ3n) is 5.49. The average Bonchev–Trinajstić information content (AvgIpc) is 3.07. The number of imide groups is 1. The molecule has 198 valence electrons. The van der Waals surface area contributed by atoms with Crippen molar-refractivity contribution in [3.8, 4) is 11.5 Å². The largest absolute Gasteiger partial charge is 0.493 e. The fraction of sp³-hybridized carbons (Fsp3) is 0.333. The van der Waals surface area contributed by atoms with Crippen LogP contribution in [0, 0.1) is 0 Å². The van der Waals surface area contributed by atoms with Gasteiger partial charge in [0.15, 0.2) is 11.5 Å². The molecule has 0 radical (unpaired) electrons. The molecule has 2 aromatic rings. The minimum atomic E-state index is -3.83. The van der Waals surface area contributed by atoms with Crippen molar-refractivity contribution in [2.24, 2.45) is 0 Å². The second-order valence-electron chi connectivity index (χ2n) is 8.19. The number of nitrogens with one attached hydrogen (secondary N) is 1. The quantitative estimate of drug-likeness (QED) is 0.360. The van der Waals surface area contributed by atoms with Crippen molar-refractivity contribution in [1.29, 1.82) is 0 Å². The molecule has 13 heteroatoms. The number of benzene rings is 2. The highest BCUT2D eigenvalue weighted by Gasteiger charge is 2.46. The lowest BCUT2D eigenvalue weighted by Gasteiger charge is -2.27. The van der Waals surface area contributed by atoms with Crippen molar-refractivity contribution in [2.45, 2.75) is 26.3 Å². The summed E-state index contributed by atoms with van der Waals surface area (Å²) in [6.45, 7) is 3.06. The maximum absolute atomic E-state index is 13.6. The molecule has 37 heavy (non-hydrogen) atoms. The van der Waals surface area contributed by atoms with Crippen LogP contribution in [0.4, 0.5) is 14.5 Å². The first-order valence-electron chi connectivity index (χ1n) is 10.9. The lowest BCUT2D eigenvalue weighted by molar-refractivity contribution is -0.114. The maximum Gasteiger partial charge on any atom is 0.300 e. The molecule has 0 aliphatic carbocycles. The number of hydrogen-bond donors (Lipinski definition) is 1. The zero-order valence-electron chi connectivity index (χ0n) is 20.3. The van der Waals surface area contributed by atoms with E-state index < -0.39 is 68.3 Å². The number of carbonyl (C=O) groups excluding carboxylic acids is 4. The number of carbonyl (C=O) groups is 4. The van der Waals surface area contributed by atoms with Gasteiger partial charge in [-0.05, 0) is 36.8 Å². The van der Waals surface area contributed by atoms with Gasteiger partial charge in [0.1, 0.15) is 9.84 Å². The topological polar surface area (TPSA) is 136 Å². The van der Waals surface area contributed by atoms with E-state index in [1.54, 1.807) is 6.92 Å². The Balaban J connectivity index is 2.25. The number of Topliss-reactive ketones (excluding diaryl/α,β-unsaturated/α-hetero) is 1. The fourth-order valence-corrected chi connectivity index (χ4v) is 4.97. The average molecular weight is 539 g/mol. The number of hydrogen-bond acceptors (Lipinski definition) is 8. The van der Waals surface area contributed by atoms with Crippen LogP contribution in [0.2, 0.25) is 0 Å². The standard InChI is InChI=1S/C24H24F2N2O8S/c1-5-36-18-10-13(6-9-17(18)35-3)16(11-37(4,33)34)28-23(31)19-14(21(30)22(25)26)7-8-15(27-12(2)29)20(19)24(28)32/h6-10,16,22H,5,11H2,1-4H3,(H,27,29)/t16-/m1/s1. The predicted molar refractivity (Wildman–Crippen MR) is 128 cm³/mol. The lowest BCUT2D eigenvalue weighted by atomic mass is 9.98. The molecule has 3 amide bonds. The Kier molecular flexibility index (Phi) is 7.96. The molecule has 10 nitrogen and oxygen atoms in total. The number of ketones is 1. The van der Waals surface area contributed by atoms with Gasteiger partial charge in [0.05, 0.1) is 42.3 Å². The van der Waals surface area contributed by atoms with Gasteiger partial charge in [-0.25, -0.2) is 17.2 Å². The molecule has 0 unspecified atom stereocenters. The molecule has 1 N–H and O–H groups in total. The molecule has 3 rings (SSSR count). The molecule has 1 aliphatic rings. The van der Waals surface area contributed by atoms with E-state index in [-0.39, 0.29) is 23.6 Å². The summed E-state index contributed by atoms with van der Waals surface area (Å²) in [6, 6.07) is 4.85. The van der Waals surface area contributed by atoms with E-state index in [4.69, 9.17) is 9.47 Å². The summed E-state index contributed by atoms with van der Waals surface area (Å²) in [6.07, 6.45) is -2.57. The molecular formula is C24H24F2N2O8S. The van der Waals surface area contributed by atoms with Crippen LogP contribution in [0.3, 0.4) is 0 Å². The van der Waals surface area contributed by atoms with Gasteiger partial charge >= 0.3 is 6.43 Å². The summed E-state index contributed by atoms with van der Waals surface area (Å²) in [5.41, 5.74) is -1.85. The highest BCUT2D eigenvalue weighted by molar-refractivity contribution is 7.90.